The summed E-state index contributed by atoms with van der Waals surface area (Å²) in [5, 5.41) is 9.86. The molecule has 0 aliphatic rings. The second kappa shape index (κ2) is 5.85. The van der Waals surface area contributed by atoms with E-state index in [4.69, 9.17) is 9.84 Å². The molecule has 0 bridgehead atoms. The molecular formula is C16H19NO3S. The summed E-state index contributed by atoms with van der Waals surface area (Å²) in [4.78, 5) is 16.7. The van der Waals surface area contributed by atoms with Crippen molar-refractivity contribution in [1.29, 1.82) is 0 Å². The van der Waals surface area contributed by atoms with Crippen LogP contribution in [0.5, 0.6) is 5.75 Å². The van der Waals surface area contributed by atoms with E-state index in [-0.39, 0.29) is 11.0 Å². The van der Waals surface area contributed by atoms with Gasteiger partial charge in [-0.2, -0.15) is 0 Å². The lowest BCUT2D eigenvalue weighted by Gasteiger charge is -2.16. The van der Waals surface area contributed by atoms with E-state index in [1.54, 1.807) is 29.5 Å². The maximum atomic E-state index is 10.9. The van der Waals surface area contributed by atoms with Crippen LogP contribution in [0.4, 0.5) is 0 Å². The Morgan fingerprint density at radius 3 is 2.67 bits per heavy atom. The van der Waals surface area contributed by atoms with Crippen molar-refractivity contribution in [3.05, 3.63) is 45.4 Å². The van der Waals surface area contributed by atoms with Gasteiger partial charge in [-0.15, -0.1) is 11.3 Å². The highest BCUT2D eigenvalue weighted by Gasteiger charge is 2.21. The van der Waals surface area contributed by atoms with Gasteiger partial charge < -0.3 is 9.84 Å². The van der Waals surface area contributed by atoms with Gasteiger partial charge in [0.15, 0.2) is 0 Å². The first-order valence-electron chi connectivity index (χ1n) is 6.70. The second-order valence-corrected chi connectivity index (χ2v) is 7.17. The fourth-order valence-corrected chi connectivity index (χ4v) is 3.13. The van der Waals surface area contributed by atoms with Crippen molar-refractivity contribution in [2.45, 2.75) is 39.7 Å². The van der Waals surface area contributed by atoms with Crippen molar-refractivity contribution < 1.29 is 14.6 Å². The molecule has 1 N–H and O–H groups in total. The molecule has 21 heavy (non-hydrogen) atoms. The molecule has 0 atom stereocenters. The van der Waals surface area contributed by atoms with Crippen molar-refractivity contribution in [2.24, 2.45) is 0 Å². The van der Waals surface area contributed by atoms with Gasteiger partial charge in [0.25, 0.3) is 0 Å². The van der Waals surface area contributed by atoms with E-state index in [1.807, 2.05) is 0 Å². The standard InChI is InChI=1S/C16H19NO3S/c1-10-14(16(2,3)4)17-13(21-10)9-20-12-7-5-6-11(8-12)15(18)19/h5-8H,9H2,1-4H3,(H,18,19). The van der Waals surface area contributed by atoms with Gasteiger partial charge in [0.1, 0.15) is 17.4 Å². The van der Waals surface area contributed by atoms with E-state index in [2.05, 4.69) is 32.7 Å². The molecule has 1 heterocycles. The number of ether oxygens (including phenoxy) is 1. The van der Waals surface area contributed by atoms with E-state index >= 15 is 0 Å². The summed E-state index contributed by atoms with van der Waals surface area (Å²) in [7, 11) is 0. The highest BCUT2D eigenvalue weighted by molar-refractivity contribution is 7.11. The Balaban J connectivity index is 2.10. The van der Waals surface area contributed by atoms with Crippen molar-refractivity contribution in [1.82, 2.24) is 4.98 Å². The summed E-state index contributed by atoms with van der Waals surface area (Å²) in [5.74, 6) is -0.416. The molecule has 0 aliphatic heterocycles. The van der Waals surface area contributed by atoms with Crippen molar-refractivity contribution >= 4 is 17.3 Å². The average molecular weight is 305 g/mol. The molecule has 0 radical (unpaired) electrons. The number of carbonyl (C=O) groups is 1. The van der Waals surface area contributed by atoms with E-state index in [0.29, 0.717) is 12.4 Å². The number of aromatic carboxylic acids is 1. The predicted octanol–water partition coefficient (Wildman–Crippen LogP) is 4.03. The van der Waals surface area contributed by atoms with Crippen LogP contribution in [0.2, 0.25) is 0 Å². The SMILES string of the molecule is Cc1sc(COc2cccc(C(=O)O)c2)nc1C(C)(C)C. The number of rotatable bonds is 4. The number of carboxylic acids is 1. The number of aryl methyl sites for hydroxylation is 1. The predicted molar refractivity (Wildman–Crippen MR) is 83.3 cm³/mol. The fourth-order valence-electron chi connectivity index (χ4n) is 2.07. The lowest BCUT2D eigenvalue weighted by molar-refractivity contribution is 0.0696. The number of aromatic nitrogens is 1. The van der Waals surface area contributed by atoms with Crippen LogP contribution in [-0.2, 0) is 12.0 Å². The van der Waals surface area contributed by atoms with Gasteiger partial charge >= 0.3 is 5.97 Å². The maximum Gasteiger partial charge on any atom is 0.335 e. The quantitative estimate of drug-likeness (QED) is 0.926. The Labute approximate surface area is 128 Å². The van der Waals surface area contributed by atoms with Gasteiger partial charge in [-0.1, -0.05) is 26.8 Å². The number of carboxylic acid groups (broad SMARTS) is 1. The molecule has 0 saturated carbocycles. The smallest absolute Gasteiger partial charge is 0.335 e. The number of benzene rings is 1. The third-order valence-corrected chi connectivity index (χ3v) is 3.94. The second-order valence-electron chi connectivity index (χ2n) is 5.88. The third kappa shape index (κ3) is 3.82. The van der Waals surface area contributed by atoms with E-state index < -0.39 is 5.97 Å². The highest BCUT2D eigenvalue weighted by Crippen LogP contribution is 2.29. The van der Waals surface area contributed by atoms with Gasteiger partial charge in [0, 0.05) is 10.3 Å². The Morgan fingerprint density at radius 1 is 1.38 bits per heavy atom. The van der Waals surface area contributed by atoms with Gasteiger partial charge in [-0.25, -0.2) is 9.78 Å². The van der Waals surface area contributed by atoms with Gasteiger partial charge in [0.05, 0.1) is 11.3 Å². The van der Waals surface area contributed by atoms with Crippen molar-refractivity contribution in [3.63, 3.8) is 0 Å². The summed E-state index contributed by atoms with van der Waals surface area (Å²) in [6, 6.07) is 6.48. The fraction of sp³-hybridized carbons (Fsp3) is 0.375. The zero-order valence-electron chi connectivity index (χ0n) is 12.6. The van der Waals surface area contributed by atoms with Gasteiger partial charge in [-0.3, -0.25) is 0 Å². The Morgan fingerprint density at radius 2 is 2.10 bits per heavy atom. The van der Waals surface area contributed by atoms with Crippen LogP contribution in [0.15, 0.2) is 24.3 Å². The lowest BCUT2D eigenvalue weighted by atomic mass is 9.92. The molecule has 0 amide bonds. The third-order valence-electron chi connectivity index (χ3n) is 2.99. The van der Waals surface area contributed by atoms with Crippen LogP contribution in [-0.4, -0.2) is 16.1 Å². The highest BCUT2D eigenvalue weighted by atomic mass is 32.1. The van der Waals surface area contributed by atoms with Crippen LogP contribution in [0.1, 0.15) is 46.7 Å². The number of nitrogens with zero attached hydrogens (tertiary/aromatic N) is 1. The minimum absolute atomic E-state index is 0.0159. The molecule has 0 fully saturated rings. The largest absolute Gasteiger partial charge is 0.486 e. The normalized spacial score (nSPS) is 11.4. The molecule has 1 aromatic heterocycles. The summed E-state index contributed by atoms with van der Waals surface area (Å²) >= 11 is 1.62. The molecule has 0 unspecified atom stereocenters. The minimum atomic E-state index is -0.958. The molecule has 2 rings (SSSR count). The number of hydrogen-bond donors (Lipinski definition) is 1. The van der Waals surface area contributed by atoms with Crippen LogP contribution in [0, 0.1) is 6.92 Å². The van der Waals surface area contributed by atoms with E-state index in [9.17, 15) is 4.79 Å². The topological polar surface area (TPSA) is 59.4 Å². The lowest BCUT2D eigenvalue weighted by Crippen LogP contribution is -2.13. The molecule has 0 aliphatic carbocycles. The van der Waals surface area contributed by atoms with Crippen LogP contribution in [0.25, 0.3) is 0 Å². The molecular weight excluding hydrogens is 286 g/mol. The van der Waals surface area contributed by atoms with Gasteiger partial charge in [0.2, 0.25) is 0 Å². The maximum absolute atomic E-state index is 10.9. The molecule has 5 heteroatoms. The Kier molecular flexibility index (Phi) is 4.32. The Hall–Kier alpha value is -1.88. The van der Waals surface area contributed by atoms with Gasteiger partial charge in [-0.05, 0) is 25.1 Å². The minimum Gasteiger partial charge on any atom is -0.486 e. The summed E-state index contributed by atoms with van der Waals surface area (Å²) in [6.07, 6.45) is 0. The molecule has 0 spiro atoms. The first kappa shape index (κ1) is 15.5. The summed E-state index contributed by atoms with van der Waals surface area (Å²) in [6.45, 7) is 8.82. The van der Waals surface area contributed by atoms with E-state index in [1.165, 1.54) is 10.9 Å². The molecule has 4 nitrogen and oxygen atoms in total. The van der Waals surface area contributed by atoms with Crippen LogP contribution >= 0.6 is 11.3 Å². The molecule has 2 aromatic rings. The number of thiazole rings is 1. The van der Waals surface area contributed by atoms with Crippen LogP contribution < -0.4 is 4.74 Å². The van der Waals surface area contributed by atoms with Crippen molar-refractivity contribution in [3.8, 4) is 5.75 Å². The molecule has 0 saturated heterocycles. The van der Waals surface area contributed by atoms with E-state index in [0.717, 1.165) is 10.7 Å². The zero-order chi connectivity index (χ0) is 15.6. The Bertz CT molecular complexity index is 656. The van der Waals surface area contributed by atoms with Crippen LogP contribution in [0.3, 0.4) is 0 Å². The first-order chi connectivity index (χ1) is 9.77. The van der Waals surface area contributed by atoms with Crippen molar-refractivity contribution in [2.75, 3.05) is 0 Å². The first-order valence-corrected chi connectivity index (χ1v) is 7.52. The average Bonchev–Trinajstić information content (AvgIpc) is 2.78. The molecule has 112 valence electrons. The molecule has 1 aromatic carbocycles. The zero-order valence-corrected chi connectivity index (χ0v) is 13.5. The summed E-state index contributed by atoms with van der Waals surface area (Å²) in [5.41, 5.74) is 1.32. The monoisotopic (exact) mass is 305 g/mol. The number of hydrogen-bond acceptors (Lipinski definition) is 4. The summed E-state index contributed by atoms with van der Waals surface area (Å²) < 4.78 is 5.65.